The molecule has 0 saturated carbocycles. The second kappa shape index (κ2) is 14.5. The lowest BCUT2D eigenvalue weighted by Gasteiger charge is -2.20. The van der Waals surface area contributed by atoms with E-state index in [0.29, 0.717) is 36.1 Å². The number of benzene rings is 3. The largest absolute Gasteiger partial charge is 0.478 e. The van der Waals surface area contributed by atoms with Crippen LogP contribution in [0.4, 0.5) is 11.4 Å². The first kappa shape index (κ1) is 33.6. The molecule has 0 spiro atoms. The van der Waals surface area contributed by atoms with Crippen molar-refractivity contribution < 1.29 is 41.4 Å². The van der Waals surface area contributed by atoms with E-state index < -0.39 is 32.0 Å². The van der Waals surface area contributed by atoms with E-state index in [1.807, 2.05) is 42.3 Å². The molecule has 1 aliphatic heterocycles. The van der Waals surface area contributed by atoms with Crippen molar-refractivity contribution in [3.63, 3.8) is 0 Å². The van der Waals surface area contributed by atoms with Crippen LogP contribution in [0, 0.1) is 0 Å². The molecule has 0 aliphatic carbocycles. The SMILES string of the molecule is CN1Cc2ccccc2C(c2ccc(NS(C)(=O)=O)cc2)N=C1OCc1ccc(NS(C)(=O)=O)cc1.O=C(O)/C=C/C(=O)O. The number of amidine groups is 1. The second-order valence-electron chi connectivity index (χ2n) is 9.73. The van der Waals surface area contributed by atoms with Crippen LogP contribution in [0.2, 0.25) is 0 Å². The molecular formula is C29H32N4O9S2. The highest BCUT2D eigenvalue weighted by atomic mass is 32.2. The van der Waals surface area contributed by atoms with Gasteiger partial charge >= 0.3 is 11.9 Å². The number of anilines is 2. The highest BCUT2D eigenvalue weighted by Crippen LogP contribution is 2.33. The van der Waals surface area contributed by atoms with Gasteiger partial charge < -0.3 is 19.8 Å². The van der Waals surface area contributed by atoms with Crippen LogP contribution in [0.3, 0.4) is 0 Å². The number of ether oxygens (including phenoxy) is 1. The number of carboxylic acids is 2. The fourth-order valence-electron chi connectivity index (χ4n) is 4.07. The average molecular weight is 645 g/mol. The number of aliphatic carboxylic acids is 2. The van der Waals surface area contributed by atoms with Crippen LogP contribution in [-0.2, 0) is 47.5 Å². The molecule has 0 radical (unpaired) electrons. The summed E-state index contributed by atoms with van der Waals surface area (Å²) in [6.07, 6.45) is 3.33. The summed E-state index contributed by atoms with van der Waals surface area (Å²) in [5.41, 5.74) is 4.88. The van der Waals surface area contributed by atoms with Crippen LogP contribution in [0.1, 0.15) is 28.3 Å². The summed E-state index contributed by atoms with van der Waals surface area (Å²) in [5.74, 6) is -2.51. The molecule has 0 amide bonds. The lowest BCUT2D eigenvalue weighted by Crippen LogP contribution is -2.27. The summed E-state index contributed by atoms with van der Waals surface area (Å²) in [5, 5.41) is 15.6. The topological polar surface area (TPSA) is 192 Å². The van der Waals surface area contributed by atoms with Gasteiger partial charge in [-0.3, -0.25) is 9.44 Å². The van der Waals surface area contributed by atoms with E-state index in [0.717, 1.165) is 34.8 Å². The minimum Gasteiger partial charge on any atom is -0.478 e. The van der Waals surface area contributed by atoms with Gasteiger partial charge in [0.1, 0.15) is 12.6 Å². The van der Waals surface area contributed by atoms with Gasteiger partial charge in [-0.05, 0) is 46.5 Å². The van der Waals surface area contributed by atoms with Crippen molar-refractivity contribution in [2.45, 2.75) is 19.2 Å². The Balaban J connectivity index is 0.000000583. The first-order valence-electron chi connectivity index (χ1n) is 12.9. The van der Waals surface area contributed by atoms with Crippen LogP contribution >= 0.6 is 0 Å². The lowest BCUT2D eigenvalue weighted by molar-refractivity contribution is -0.134. The Morgan fingerprint density at radius 3 is 1.86 bits per heavy atom. The fourth-order valence-corrected chi connectivity index (χ4v) is 5.20. The molecule has 1 aliphatic rings. The molecule has 15 heteroatoms. The highest BCUT2D eigenvalue weighted by Gasteiger charge is 2.24. The zero-order chi connectivity index (χ0) is 32.5. The lowest BCUT2D eigenvalue weighted by atomic mass is 9.95. The number of rotatable bonds is 9. The van der Waals surface area contributed by atoms with E-state index >= 15 is 0 Å². The van der Waals surface area contributed by atoms with E-state index in [9.17, 15) is 26.4 Å². The fraction of sp³-hybridized carbons (Fsp3) is 0.207. The number of nitrogens with zero attached hydrogens (tertiary/aromatic N) is 2. The zero-order valence-corrected chi connectivity index (χ0v) is 25.7. The van der Waals surface area contributed by atoms with Crippen molar-refractivity contribution in [3.8, 4) is 0 Å². The van der Waals surface area contributed by atoms with Crippen LogP contribution in [-0.4, -0.2) is 69.5 Å². The van der Waals surface area contributed by atoms with E-state index in [1.54, 1.807) is 36.4 Å². The van der Waals surface area contributed by atoms with Gasteiger partial charge in [0.2, 0.25) is 20.0 Å². The maximum atomic E-state index is 11.6. The third-order valence-electron chi connectivity index (χ3n) is 5.85. The third kappa shape index (κ3) is 11.1. The minimum absolute atomic E-state index is 0.253. The predicted octanol–water partition coefficient (Wildman–Crippen LogP) is 3.25. The quantitative estimate of drug-likeness (QED) is 0.251. The molecule has 3 aromatic carbocycles. The second-order valence-corrected chi connectivity index (χ2v) is 13.2. The van der Waals surface area contributed by atoms with Crippen LogP contribution in [0.5, 0.6) is 0 Å². The Bertz CT molecular complexity index is 1740. The van der Waals surface area contributed by atoms with E-state index in [4.69, 9.17) is 19.9 Å². The Kier molecular flexibility index (Phi) is 11.1. The summed E-state index contributed by atoms with van der Waals surface area (Å²) in [7, 11) is -4.80. The van der Waals surface area contributed by atoms with Crippen molar-refractivity contribution in [3.05, 3.63) is 107 Å². The molecule has 1 atom stereocenters. The van der Waals surface area contributed by atoms with Crippen molar-refractivity contribution in [2.75, 3.05) is 29.0 Å². The van der Waals surface area contributed by atoms with Crippen LogP contribution < -0.4 is 9.44 Å². The molecule has 1 heterocycles. The van der Waals surface area contributed by atoms with Crippen molar-refractivity contribution in [2.24, 2.45) is 4.99 Å². The molecule has 234 valence electrons. The first-order chi connectivity index (χ1) is 20.6. The Hall–Kier alpha value is -4.89. The summed E-state index contributed by atoms with van der Waals surface area (Å²) < 4.78 is 57.0. The molecule has 3 aromatic rings. The van der Waals surface area contributed by atoms with Gasteiger partial charge in [-0.15, -0.1) is 0 Å². The molecule has 0 fully saturated rings. The third-order valence-corrected chi connectivity index (χ3v) is 7.06. The molecular weight excluding hydrogens is 612 g/mol. The normalized spacial score (nSPS) is 14.8. The number of sulfonamides is 2. The predicted molar refractivity (Wildman–Crippen MR) is 166 cm³/mol. The van der Waals surface area contributed by atoms with E-state index in [2.05, 4.69) is 15.5 Å². The maximum absolute atomic E-state index is 11.6. The van der Waals surface area contributed by atoms with E-state index in [1.165, 1.54) is 0 Å². The van der Waals surface area contributed by atoms with Crippen LogP contribution in [0.15, 0.2) is 89.9 Å². The number of aliphatic imine (C=N–C) groups is 1. The molecule has 1 unspecified atom stereocenters. The van der Waals surface area contributed by atoms with Crippen LogP contribution in [0.25, 0.3) is 0 Å². The number of hydrogen-bond acceptors (Lipinski definition) is 9. The number of carbonyl (C=O) groups is 2. The Morgan fingerprint density at radius 2 is 1.36 bits per heavy atom. The van der Waals surface area contributed by atoms with Gasteiger partial charge in [0, 0.05) is 37.1 Å². The minimum atomic E-state index is -3.37. The summed E-state index contributed by atoms with van der Waals surface area (Å²) in [4.78, 5) is 26.0. The summed E-state index contributed by atoms with van der Waals surface area (Å²) in [6.45, 7) is 0.860. The van der Waals surface area contributed by atoms with Crippen molar-refractivity contribution >= 4 is 49.4 Å². The zero-order valence-electron chi connectivity index (χ0n) is 24.0. The number of hydrogen-bond donors (Lipinski definition) is 4. The smallest absolute Gasteiger partial charge is 0.328 e. The van der Waals surface area contributed by atoms with Crippen molar-refractivity contribution in [1.82, 2.24) is 4.90 Å². The van der Waals surface area contributed by atoms with Gasteiger partial charge in [-0.25, -0.2) is 31.4 Å². The van der Waals surface area contributed by atoms with Gasteiger partial charge in [0.25, 0.3) is 6.02 Å². The number of carboxylic acid groups (broad SMARTS) is 2. The maximum Gasteiger partial charge on any atom is 0.328 e. The van der Waals surface area contributed by atoms with Crippen molar-refractivity contribution in [1.29, 1.82) is 0 Å². The molecule has 4 rings (SSSR count). The Morgan fingerprint density at radius 1 is 0.864 bits per heavy atom. The molecule has 13 nitrogen and oxygen atoms in total. The number of fused-ring (bicyclic) bond motifs is 1. The van der Waals surface area contributed by atoms with Gasteiger partial charge in [-0.1, -0.05) is 48.5 Å². The molecule has 4 N–H and O–H groups in total. The summed E-state index contributed by atoms with van der Waals surface area (Å²) in [6, 6.07) is 22.3. The summed E-state index contributed by atoms with van der Waals surface area (Å²) >= 11 is 0. The molecule has 0 saturated heterocycles. The highest BCUT2D eigenvalue weighted by molar-refractivity contribution is 7.92. The first-order valence-corrected chi connectivity index (χ1v) is 16.7. The Labute approximate surface area is 255 Å². The molecule has 0 aromatic heterocycles. The van der Waals surface area contributed by atoms with Gasteiger partial charge in [0.05, 0.1) is 12.5 Å². The molecule has 44 heavy (non-hydrogen) atoms. The standard InChI is InChI=1S/C25H28N4O5S2.C4H4O4/c1-29-16-20-6-4-5-7-23(20)24(19-10-14-22(15-11-19)28-36(3,32)33)26-25(29)34-17-18-8-12-21(13-9-18)27-35(2,30)31;5-3(6)1-2-4(7)8/h4-15,24,27-28H,16-17H2,1-3H3;1-2H,(H,5,6)(H,7,8)/b;2-1+. The monoisotopic (exact) mass is 644 g/mol. The van der Waals surface area contributed by atoms with Gasteiger partial charge in [0.15, 0.2) is 0 Å². The van der Waals surface area contributed by atoms with Gasteiger partial charge in [-0.2, -0.15) is 0 Å². The number of nitrogens with one attached hydrogen (secondary N) is 2. The average Bonchev–Trinajstić information content (AvgIpc) is 3.06. The molecule has 0 bridgehead atoms. The van der Waals surface area contributed by atoms with E-state index in [-0.39, 0.29) is 12.6 Å².